The summed E-state index contributed by atoms with van der Waals surface area (Å²) in [5.74, 6) is 0. The first kappa shape index (κ1) is 18.5. The van der Waals surface area contributed by atoms with Gasteiger partial charge >= 0.3 is 0 Å². The van der Waals surface area contributed by atoms with E-state index in [2.05, 4.69) is 30.0 Å². The Balaban J connectivity index is 0. The van der Waals surface area contributed by atoms with Gasteiger partial charge in [0.15, 0.2) is 0 Å². The van der Waals surface area contributed by atoms with Gasteiger partial charge in [0.05, 0.1) is 0 Å². The Bertz CT molecular complexity index is 104. The Kier molecular flexibility index (Phi) is 14.4. The van der Waals surface area contributed by atoms with E-state index in [0.717, 1.165) is 0 Å². The topological polar surface area (TPSA) is 0 Å². The SMILES string of the molecule is CCCCC(P)(CCCC)CCCC.I. The molecule has 1 unspecified atom stereocenters. The van der Waals surface area contributed by atoms with Gasteiger partial charge in [-0.3, -0.25) is 0 Å². The maximum atomic E-state index is 3.17. The molecule has 0 saturated heterocycles. The highest BCUT2D eigenvalue weighted by atomic mass is 127. The zero-order valence-electron chi connectivity index (χ0n) is 10.8. The van der Waals surface area contributed by atoms with Crippen LogP contribution in [0.15, 0.2) is 0 Å². The molecule has 94 valence electrons. The van der Waals surface area contributed by atoms with Crippen LogP contribution in [0.3, 0.4) is 0 Å². The second-order valence-electron chi connectivity index (χ2n) is 4.67. The van der Waals surface area contributed by atoms with Crippen LogP contribution in [0, 0.1) is 0 Å². The summed E-state index contributed by atoms with van der Waals surface area (Å²) in [6.07, 6.45) is 12.5. The molecule has 0 radical (unpaired) electrons. The minimum absolute atomic E-state index is 0. The van der Waals surface area contributed by atoms with Crippen LogP contribution in [0.4, 0.5) is 0 Å². The number of hydrogen-bond donors (Lipinski definition) is 0. The van der Waals surface area contributed by atoms with Gasteiger partial charge in [-0.2, -0.15) is 0 Å². The summed E-state index contributed by atoms with van der Waals surface area (Å²) < 4.78 is 0. The molecule has 0 spiro atoms. The standard InChI is InChI=1S/C13H29P.HI/c1-4-7-10-13(14,11-8-5-2)12-9-6-3;/h4-12,14H2,1-3H3;1H. The van der Waals surface area contributed by atoms with Crippen molar-refractivity contribution in [1.82, 2.24) is 0 Å². The molecule has 0 aromatic heterocycles. The lowest BCUT2D eigenvalue weighted by Crippen LogP contribution is -2.20. The summed E-state index contributed by atoms with van der Waals surface area (Å²) in [7, 11) is 3.17. The third kappa shape index (κ3) is 10.1. The molecule has 1 atom stereocenters. The maximum absolute atomic E-state index is 3.17. The highest BCUT2D eigenvalue weighted by molar-refractivity contribution is 14.0. The minimum Gasteiger partial charge on any atom is -0.131 e. The van der Waals surface area contributed by atoms with Crippen molar-refractivity contribution in [1.29, 1.82) is 0 Å². The highest BCUT2D eigenvalue weighted by Crippen LogP contribution is 2.36. The lowest BCUT2D eigenvalue weighted by Gasteiger charge is -2.29. The molecule has 0 heterocycles. The van der Waals surface area contributed by atoms with E-state index in [4.69, 9.17) is 0 Å². The maximum Gasteiger partial charge on any atom is -0.0150 e. The van der Waals surface area contributed by atoms with Gasteiger partial charge in [0.1, 0.15) is 0 Å². The molecular formula is C13H30IP. The average molecular weight is 344 g/mol. The molecule has 0 nitrogen and oxygen atoms in total. The summed E-state index contributed by atoms with van der Waals surface area (Å²) in [5, 5.41) is 0.571. The van der Waals surface area contributed by atoms with Crippen molar-refractivity contribution in [3.05, 3.63) is 0 Å². The Morgan fingerprint density at radius 2 is 1.00 bits per heavy atom. The zero-order chi connectivity index (χ0) is 10.9. The summed E-state index contributed by atoms with van der Waals surface area (Å²) in [5.41, 5.74) is 0. The van der Waals surface area contributed by atoms with E-state index < -0.39 is 0 Å². The van der Waals surface area contributed by atoms with Gasteiger partial charge in [-0.15, -0.1) is 33.2 Å². The molecule has 0 N–H and O–H groups in total. The van der Waals surface area contributed by atoms with Crippen molar-refractivity contribution < 1.29 is 0 Å². The molecule has 0 amide bonds. The molecule has 0 aliphatic rings. The Morgan fingerprint density at radius 3 is 1.20 bits per heavy atom. The monoisotopic (exact) mass is 344 g/mol. The van der Waals surface area contributed by atoms with Crippen molar-refractivity contribution in [2.24, 2.45) is 0 Å². The molecule has 0 saturated carbocycles. The normalized spacial score (nSPS) is 11.2. The van der Waals surface area contributed by atoms with E-state index in [1.165, 1.54) is 57.8 Å². The van der Waals surface area contributed by atoms with Crippen LogP contribution < -0.4 is 0 Å². The predicted molar refractivity (Wildman–Crippen MR) is 86.4 cm³/mol. The molecule has 0 aliphatic carbocycles. The second-order valence-corrected chi connectivity index (χ2v) is 5.90. The molecule has 0 bridgehead atoms. The predicted octanol–water partition coefficient (Wildman–Crippen LogP) is 5.79. The van der Waals surface area contributed by atoms with Crippen molar-refractivity contribution in [2.75, 3.05) is 0 Å². The molecule has 0 rings (SSSR count). The molecule has 2 heteroatoms. The fourth-order valence-electron chi connectivity index (χ4n) is 1.96. The fourth-order valence-corrected chi connectivity index (χ4v) is 2.57. The van der Waals surface area contributed by atoms with Crippen LogP contribution in [0.1, 0.15) is 78.6 Å². The molecule has 0 aromatic carbocycles. The Hall–Kier alpha value is 1.16. The van der Waals surface area contributed by atoms with Gasteiger partial charge in [-0.05, 0) is 24.4 Å². The lowest BCUT2D eigenvalue weighted by molar-refractivity contribution is 0.424. The summed E-state index contributed by atoms with van der Waals surface area (Å²) >= 11 is 0. The quantitative estimate of drug-likeness (QED) is 0.367. The number of halogens is 1. The van der Waals surface area contributed by atoms with Crippen LogP contribution in [0.25, 0.3) is 0 Å². The van der Waals surface area contributed by atoms with Gasteiger partial charge < -0.3 is 0 Å². The molecule has 15 heavy (non-hydrogen) atoms. The summed E-state index contributed by atoms with van der Waals surface area (Å²) in [6, 6.07) is 0. The van der Waals surface area contributed by atoms with Crippen LogP contribution >= 0.6 is 33.2 Å². The van der Waals surface area contributed by atoms with Crippen LogP contribution in [0.5, 0.6) is 0 Å². The van der Waals surface area contributed by atoms with Gasteiger partial charge in [-0.25, -0.2) is 0 Å². The van der Waals surface area contributed by atoms with Crippen LogP contribution in [-0.4, -0.2) is 5.16 Å². The van der Waals surface area contributed by atoms with Crippen molar-refractivity contribution in [3.63, 3.8) is 0 Å². The lowest BCUT2D eigenvalue weighted by atomic mass is 9.90. The average Bonchev–Trinajstić information content (AvgIpc) is 2.21. The third-order valence-electron chi connectivity index (χ3n) is 3.08. The van der Waals surface area contributed by atoms with E-state index in [1.54, 1.807) is 0 Å². The third-order valence-corrected chi connectivity index (χ3v) is 3.95. The van der Waals surface area contributed by atoms with Gasteiger partial charge in [0.25, 0.3) is 0 Å². The van der Waals surface area contributed by atoms with Gasteiger partial charge in [-0.1, -0.05) is 59.3 Å². The first-order valence-corrected chi connectivity index (χ1v) is 7.05. The largest absolute Gasteiger partial charge is 0.131 e. The van der Waals surface area contributed by atoms with E-state index in [1.807, 2.05) is 0 Å². The van der Waals surface area contributed by atoms with Crippen molar-refractivity contribution in [2.45, 2.75) is 83.7 Å². The first-order chi connectivity index (χ1) is 6.68. The molecular weight excluding hydrogens is 314 g/mol. The molecule has 0 aromatic rings. The summed E-state index contributed by atoms with van der Waals surface area (Å²) in [6.45, 7) is 6.89. The second kappa shape index (κ2) is 11.6. The summed E-state index contributed by atoms with van der Waals surface area (Å²) in [4.78, 5) is 0. The van der Waals surface area contributed by atoms with Crippen molar-refractivity contribution in [3.8, 4) is 0 Å². The van der Waals surface area contributed by atoms with E-state index in [9.17, 15) is 0 Å². The Morgan fingerprint density at radius 1 is 0.733 bits per heavy atom. The first-order valence-electron chi connectivity index (χ1n) is 6.47. The fraction of sp³-hybridized carbons (Fsp3) is 1.00. The van der Waals surface area contributed by atoms with Gasteiger partial charge in [0.2, 0.25) is 0 Å². The van der Waals surface area contributed by atoms with Crippen LogP contribution in [-0.2, 0) is 0 Å². The number of rotatable bonds is 9. The highest BCUT2D eigenvalue weighted by Gasteiger charge is 2.22. The van der Waals surface area contributed by atoms with Crippen LogP contribution in [0.2, 0.25) is 0 Å². The zero-order valence-corrected chi connectivity index (χ0v) is 14.3. The van der Waals surface area contributed by atoms with Gasteiger partial charge in [0, 0.05) is 0 Å². The van der Waals surface area contributed by atoms with Crippen molar-refractivity contribution >= 4 is 33.2 Å². The van der Waals surface area contributed by atoms with E-state index >= 15 is 0 Å². The Labute approximate surface area is 117 Å². The number of hydrogen-bond acceptors (Lipinski definition) is 0. The number of unbranched alkanes of at least 4 members (excludes halogenated alkanes) is 3. The smallest absolute Gasteiger partial charge is 0.0150 e. The minimum atomic E-state index is 0. The molecule has 0 aliphatic heterocycles. The van der Waals surface area contributed by atoms with E-state index in [-0.39, 0.29) is 24.0 Å². The van der Waals surface area contributed by atoms with E-state index in [0.29, 0.717) is 5.16 Å². The molecule has 0 fully saturated rings.